The van der Waals surface area contributed by atoms with Crippen molar-refractivity contribution in [1.29, 1.82) is 5.26 Å². The third kappa shape index (κ3) is 11.1. The molecular weight excluding hydrogens is 984 g/mol. The number of aromatic hydroxyl groups is 1. The molecule has 77 heavy (non-hydrogen) atoms. The molecule has 1 N–H and O–H groups in total. The molecule has 0 unspecified atom stereocenters. The maximum atomic E-state index is 15.8. The largest absolute Gasteiger partial charge is 0.508 e. The second-order valence-electron chi connectivity index (χ2n) is 21.1. The van der Waals surface area contributed by atoms with E-state index in [9.17, 15) is 23.9 Å². The number of hydrogen-bond donors (Lipinski definition) is 1. The van der Waals surface area contributed by atoms with E-state index in [1.165, 1.54) is 60.2 Å². The molecule has 0 radical (unpaired) electrons. The average Bonchev–Trinajstić information content (AvgIpc) is 3.94. The second-order valence-corrected chi connectivity index (χ2v) is 21.1. The SMILES string of the molecule is Cc1c(C(=O)N(c2ccc(O)cc2)c2cc(C#N)n(C(F)F)c2C)cc(-c2cc3c(cc2C(=O)N2Cc4ccccc4C[C@H]2CN2CCCCC2)CN(C(=O)Cc2ccc(OCCN4CCN(C)CC4)cc2F)CC3)n1C. The second kappa shape index (κ2) is 22.7. The Morgan fingerprint density at radius 3 is 2.23 bits per heavy atom. The number of nitriles is 1. The van der Waals surface area contributed by atoms with Gasteiger partial charge in [-0.15, -0.1) is 0 Å². The zero-order chi connectivity index (χ0) is 54.1. The first-order valence-electron chi connectivity index (χ1n) is 26.7. The fourth-order valence-corrected chi connectivity index (χ4v) is 11.6. The fourth-order valence-electron chi connectivity index (χ4n) is 11.6. The van der Waals surface area contributed by atoms with Gasteiger partial charge in [-0.2, -0.15) is 14.0 Å². The lowest BCUT2D eigenvalue weighted by molar-refractivity contribution is -0.131. The van der Waals surface area contributed by atoms with Crippen molar-refractivity contribution in [3.8, 4) is 28.8 Å². The lowest BCUT2D eigenvalue weighted by Crippen LogP contribution is -2.51. The van der Waals surface area contributed by atoms with Crippen LogP contribution in [-0.2, 0) is 44.2 Å². The number of piperazine rings is 1. The van der Waals surface area contributed by atoms with Crippen molar-refractivity contribution in [2.45, 2.75) is 78.1 Å². The van der Waals surface area contributed by atoms with Crippen LogP contribution in [0.2, 0.25) is 0 Å². The molecule has 17 heteroatoms. The Morgan fingerprint density at radius 1 is 0.792 bits per heavy atom. The third-order valence-corrected chi connectivity index (χ3v) is 16.3. The number of carbonyl (C=O) groups excluding carboxylic acids is 3. The zero-order valence-corrected chi connectivity index (χ0v) is 44.3. The van der Waals surface area contributed by atoms with Gasteiger partial charge in [0.2, 0.25) is 5.91 Å². The number of likely N-dealkylation sites (tertiary alicyclic amines) is 1. The number of halogens is 3. The van der Waals surface area contributed by atoms with E-state index in [-0.39, 0.29) is 70.5 Å². The monoisotopic (exact) mass is 1050 g/mol. The highest BCUT2D eigenvalue weighted by Gasteiger charge is 2.36. The van der Waals surface area contributed by atoms with E-state index in [0.717, 1.165) is 75.3 Å². The van der Waals surface area contributed by atoms with E-state index in [0.29, 0.717) is 71.9 Å². The molecule has 402 valence electrons. The maximum Gasteiger partial charge on any atom is 0.319 e. The zero-order valence-electron chi connectivity index (χ0n) is 44.3. The quantitative estimate of drug-likeness (QED) is 0.114. The fraction of sp³-hybridized carbons (Fsp3) is 0.400. The first-order chi connectivity index (χ1) is 37.1. The summed E-state index contributed by atoms with van der Waals surface area (Å²) in [6, 6.07) is 27.3. The average molecular weight is 1050 g/mol. The number of carbonyl (C=O) groups is 3. The summed E-state index contributed by atoms with van der Waals surface area (Å²) in [6.07, 6.45) is 4.35. The van der Waals surface area contributed by atoms with Crippen LogP contribution in [0.4, 0.5) is 24.5 Å². The van der Waals surface area contributed by atoms with E-state index in [2.05, 4.69) is 33.9 Å². The van der Waals surface area contributed by atoms with Gasteiger partial charge in [-0.1, -0.05) is 36.8 Å². The highest BCUT2D eigenvalue weighted by molar-refractivity contribution is 6.13. The molecule has 2 fully saturated rings. The van der Waals surface area contributed by atoms with Crippen molar-refractivity contribution >= 4 is 29.1 Å². The summed E-state index contributed by atoms with van der Waals surface area (Å²) in [5, 5.41) is 20.2. The number of aromatic nitrogens is 2. The number of fused-ring (bicyclic) bond motifs is 2. The summed E-state index contributed by atoms with van der Waals surface area (Å²) in [4.78, 5) is 57.2. The Bertz CT molecular complexity index is 3220. The van der Waals surface area contributed by atoms with Gasteiger partial charge in [-0.05, 0) is 142 Å². The molecule has 14 nitrogen and oxygen atoms in total. The van der Waals surface area contributed by atoms with Gasteiger partial charge in [0.1, 0.15) is 35.7 Å². The van der Waals surface area contributed by atoms with Crippen LogP contribution < -0.4 is 9.64 Å². The minimum absolute atomic E-state index is 0.00989. The Morgan fingerprint density at radius 2 is 1.53 bits per heavy atom. The number of alkyl halides is 2. The molecule has 2 saturated heterocycles. The van der Waals surface area contributed by atoms with Crippen LogP contribution in [0.25, 0.3) is 11.3 Å². The van der Waals surface area contributed by atoms with Crippen LogP contribution in [0.5, 0.6) is 11.5 Å². The van der Waals surface area contributed by atoms with Gasteiger partial charge in [-0.25, -0.2) is 4.39 Å². The lowest BCUT2D eigenvalue weighted by Gasteiger charge is -2.41. The first kappa shape index (κ1) is 53.0. The standard InChI is InChI=1S/C60H66F3N9O5/c1-39-51(59(76)72(46-13-15-49(73)16-14-46)55-32-47(35-64)71(40(55)2)60(62)63)34-56(66(39)4)52-29-42-18-21-69(57(74)31-43-12-17-50(33-54(43)61)77-27-26-67-24-22-65(3)23-25-67)36-45(42)30-53(52)58(75)70-37-44-11-7-6-10-41(44)28-48(70)38-68-19-8-5-9-20-68/h6-7,10-17,29-30,32-34,48,60,73H,5,8-9,18-28,31,36-38H2,1-4H3/t48-/m0/s1. The van der Waals surface area contributed by atoms with Crippen molar-refractivity contribution in [1.82, 2.24) is 33.6 Å². The molecule has 2 aromatic heterocycles. The Hall–Kier alpha value is -7.39. The first-order valence-corrected chi connectivity index (χ1v) is 26.7. The lowest BCUT2D eigenvalue weighted by atomic mass is 9.89. The molecule has 4 aliphatic rings. The van der Waals surface area contributed by atoms with Crippen molar-refractivity contribution in [2.24, 2.45) is 7.05 Å². The number of ether oxygens (including phenoxy) is 1. The molecule has 1 atom stereocenters. The Labute approximate surface area is 448 Å². The third-order valence-electron chi connectivity index (χ3n) is 16.3. The van der Waals surface area contributed by atoms with Gasteiger partial charge in [0.25, 0.3) is 11.8 Å². The number of anilines is 2. The number of nitrogens with zero attached hydrogens (tertiary/aromatic N) is 9. The van der Waals surface area contributed by atoms with Gasteiger partial charge in [0.05, 0.1) is 17.7 Å². The predicted octanol–water partition coefficient (Wildman–Crippen LogP) is 9.01. The number of amides is 3. The molecule has 0 spiro atoms. The molecule has 3 amide bonds. The number of piperidine rings is 1. The molecule has 4 aromatic carbocycles. The predicted molar refractivity (Wildman–Crippen MR) is 288 cm³/mol. The Balaban J connectivity index is 0.991. The van der Waals surface area contributed by atoms with E-state index in [1.807, 2.05) is 46.8 Å². The minimum Gasteiger partial charge on any atom is -0.508 e. The summed E-state index contributed by atoms with van der Waals surface area (Å²) in [7, 11) is 3.92. The highest BCUT2D eigenvalue weighted by Crippen LogP contribution is 2.40. The van der Waals surface area contributed by atoms with Crippen LogP contribution in [0, 0.1) is 31.0 Å². The topological polar surface area (TPSA) is 134 Å². The van der Waals surface area contributed by atoms with Crippen LogP contribution in [0.1, 0.15) is 91.4 Å². The molecule has 6 aromatic rings. The molecule has 0 aliphatic carbocycles. The van der Waals surface area contributed by atoms with Crippen LogP contribution >= 0.6 is 0 Å². The minimum atomic E-state index is -3.05. The highest BCUT2D eigenvalue weighted by atomic mass is 19.3. The van der Waals surface area contributed by atoms with Gasteiger partial charge >= 0.3 is 6.55 Å². The number of phenolic OH excluding ortho intramolecular Hbond substituents is 1. The summed E-state index contributed by atoms with van der Waals surface area (Å²) in [5.41, 5.74) is 6.55. The number of rotatable bonds is 14. The molecule has 6 heterocycles. The van der Waals surface area contributed by atoms with Crippen molar-refractivity contribution in [3.63, 3.8) is 0 Å². The molecule has 0 saturated carbocycles. The molecular formula is C60H66F3N9O5. The van der Waals surface area contributed by atoms with Gasteiger partial charge < -0.3 is 34.0 Å². The molecule has 0 bridgehead atoms. The van der Waals surface area contributed by atoms with Crippen LogP contribution in [0.15, 0.2) is 91.0 Å². The summed E-state index contributed by atoms with van der Waals surface area (Å²) in [6.45, 7) is 8.79. The van der Waals surface area contributed by atoms with Gasteiger partial charge in [0, 0.05) is 112 Å². The number of benzene rings is 4. The summed E-state index contributed by atoms with van der Waals surface area (Å²) in [5.74, 6) is -1.18. The van der Waals surface area contributed by atoms with Crippen molar-refractivity contribution in [3.05, 3.63) is 153 Å². The van der Waals surface area contributed by atoms with E-state index in [4.69, 9.17) is 4.74 Å². The van der Waals surface area contributed by atoms with Crippen molar-refractivity contribution < 1.29 is 37.4 Å². The van der Waals surface area contributed by atoms with Crippen LogP contribution in [0.3, 0.4) is 0 Å². The van der Waals surface area contributed by atoms with Gasteiger partial charge in [-0.3, -0.25) is 28.8 Å². The van der Waals surface area contributed by atoms with Crippen molar-refractivity contribution in [2.75, 3.05) is 77.5 Å². The van der Waals surface area contributed by atoms with Crippen LogP contribution in [-0.4, -0.2) is 135 Å². The number of phenols is 1. The van der Waals surface area contributed by atoms with E-state index in [1.54, 1.807) is 30.0 Å². The van der Waals surface area contributed by atoms with Gasteiger partial charge in [0.15, 0.2) is 0 Å². The normalized spacial score (nSPS) is 17.3. The summed E-state index contributed by atoms with van der Waals surface area (Å²) < 4.78 is 53.0. The summed E-state index contributed by atoms with van der Waals surface area (Å²) >= 11 is 0. The number of likely N-dealkylation sites (N-methyl/N-ethyl adjacent to an activating group) is 1. The van der Waals surface area contributed by atoms with E-state index >= 15 is 14.0 Å². The van der Waals surface area contributed by atoms with E-state index < -0.39 is 18.3 Å². The molecule has 4 aliphatic heterocycles. The molecule has 10 rings (SSSR count). The number of hydrogen-bond acceptors (Lipinski definition) is 9. The smallest absolute Gasteiger partial charge is 0.319 e. The maximum absolute atomic E-state index is 15.8. The Kier molecular flexibility index (Phi) is 15.6.